The highest BCUT2D eigenvalue weighted by molar-refractivity contribution is 8.00. The molecule has 0 saturated carbocycles. The first-order chi connectivity index (χ1) is 13.9. The van der Waals surface area contributed by atoms with Gasteiger partial charge in [0.25, 0.3) is 0 Å². The molecule has 4 rings (SSSR count). The Morgan fingerprint density at radius 3 is 2.10 bits per heavy atom. The first-order valence-electron chi connectivity index (χ1n) is 10.6. The summed E-state index contributed by atoms with van der Waals surface area (Å²) in [6.45, 7) is 5.84. The van der Waals surface area contributed by atoms with Crippen molar-refractivity contribution >= 4 is 22.0 Å². The highest BCUT2D eigenvalue weighted by Crippen LogP contribution is 2.38. The predicted molar refractivity (Wildman–Crippen MR) is 120 cm³/mol. The summed E-state index contributed by atoms with van der Waals surface area (Å²) in [5.41, 5.74) is 7.31. The van der Waals surface area contributed by atoms with E-state index in [4.69, 9.17) is 0 Å². The van der Waals surface area contributed by atoms with Gasteiger partial charge in [0.2, 0.25) is 0 Å². The van der Waals surface area contributed by atoms with Gasteiger partial charge in [-0.2, -0.15) is 0 Å². The molecule has 0 radical (unpaired) electrons. The number of rotatable bonds is 5. The van der Waals surface area contributed by atoms with Gasteiger partial charge >= 0.3 is 6.03 Å². The molecule has 5 nitrogen and oxygen atoms in total. The summed E-state index contributed by atoms with van der Waals surface area (Å²) in [7, 11) is -3.29. The standard InChI is InChI=1S/C23H31N3O2S/c1-15(2)25-29(28,19-12-10-16(3)11-13-19)26-23(27)24-22-20-8-4-6-17(20)14-18-7-5-9-21(18)22/h10-15,29H,4-9H2,1-3H3,(H3,24,25,26,27,28). The topological polar surface area (TPSA) is 70.2 Å². The van der Waals surface area contributed by atoms with Crippen LogP contribution in [0.1, 0.15) is 54.5 Å². The number of carbonyl (C=O) groups is 1. The van der Waals surface area contributed by atoms with E-state index in [9.17, 15) is 9.00 Å². The molecule has 0 aromatic heterocycles. The lowest BCUT2D eigenvalue weighted by Crippen LogP contribution is -2.50. The molecule has 156 valence electrons. The fraction of sp³-hybridized carbons (Fsp3) is 0.435. The van der Waals surface area contributed by atoms with Crippen LogP contribution in [0.2, 0.25) is 0 Å². The van der Waals surface area contributed by atoms with Crippen LogP contribution in [-0.4, -0.2) is 16.3 Å². The number of aryl methyl sites for hydroxylation is 3. The SMILES string of the molecule is Cc1ccc([SH](=O)(NC(=O)Nc2c3c(cc4c2CCC4)CCC3)NC(C)C)cc1. The van der Waals surface area contributed by atoms with Gasteiger partial charge in [0.05, 0.1) is 0 Å². The number of amides is 2. The van der Waals surface area contributed by atoms with E-state index in [1.165, 1.54) is 22.3 Å². The Hall–Kier alpha value is -2.18. The average Bonchev–Trinajstić information content (AvgIpc) is 3.30. The summed E-state index contributed by atoms with van der Waals surface area (Å²) in [5.74, 6) is 0. The monoisotopic (exact) mass is 413 g/mol. The van der Waals surface area contributed by atoms with Gasteiger partial charge in [-0.25, -0.2) is 13.7 Å². The Labute approximate surface area is 174 Å². The second-order valence-corrected chi connectivity index (χ2v) is 10.7. The fourth-order valence-corrected chi connectivity index (χ4v) is 6.52. The number of thiol groups is 1. The minimum Gasteiger partial charge on any atom is -0.307 e. The largest absolute Gasteiger partial charge is 0.330 e. The lowest BCUT2D eigenvalue weighted by atomic mass is 9.99. The maximum absolute atomic E-state index is 13.7. The first-order valence-corrected chi connectivity index (χ1v) is 12.3. The van der Waals surface area contributed by atoms with Crippen LogP contribution < -0.4 is 14.8 Å². The Morgan fingerprint density at radius 1 is 0.966 bits per heavy atom. The van der Waals surface area contributed by atoms with Gasteiger partial charge in [0.1, 0.15) is 0 Å². The summed E-state index contributed by atoms with van der Waals surface area (Å²) in [6.07, 6.45) is 6.41. The van der Waals surface area contributed by atoms with E-state index in [1.807, 2.05) is 45.0 Å². The molecule has 3 N–H and O–H groups in total. The summed E-state index contributed by atoms with van der Waals surface area (Å²) in [5, 5.41) is 3.09. The quantitative estimate of drug-likeness (QED) is 0.560. The van der Waals surface area contributed by atoms with Crippen LogP contribution >= 0.6 is 0 Å². The molecule has 0 unspecified atom stereocenters. The molecule has 0 fully saturated rings. The molecule has 2 aliphatic rings. The van der Waals surface area contributed by atoms with Crippen LogP contribution in [0.25, 0.3) is 0 Å². The van der Waals surface area contributed by atoms with Gasteiger partial charge in [-0.05, 0) is 93.7 Å². The second-order valence-electron chi connectivity index (χ2n) is 8.53. The predicted octanol–water partition coefficient (Wildman–Crippen LogP) is 4.00. The number of hydrogen-bond acceptors (Lipinski definition) is 2. The number of carbonyl (C=O) groups excluding carboxylic acids is 1. The lowest BCUT2D eigenvalue weighted by Gasteiger charge is -2.29. The van der Waals surface area contributed by atoms with E-state index in [0.717, 1.165) is 49.8 Å². The molecule has 2 amide bonds. The van der Waals surface area contributed by atoms with Crippen molar-refractivity contribution in [1.82, 2.24) is 9.44 Å². The molecule has 0 atom stereocenters. The smallest absolute Gasteiger partial charge is 0.307 e. The maximum atomic E-state index is 13.7. The van der Waals surface area contributed by atoms with E-state index in [-0.39, 0.29) is 6.04 Å². The number of nitrogens with one attached hydrogen (secondary N) is 3. The molecule has 6 heteroatoms. The number of anilines is 1. The third-order valence-electron chi connectivity index (χ3n) is 5.81. The third-order valence-corrected chi connectivity index (χ3v) is 8.23. The van der Waals surface area contributed by atoms with Gasteiger partial charge in [0, 0.05) is 26.9 Å². The highest BCUT2D eigenvalue weighted by atomic mass is 32.3. The summed E-state index contributed by atoms with van der Waals surface area (Å²) in [4.78, 5) is 13.6. The average molecular weight is 414 g/mol. The van der Waals surface area contributed by atoms with Crippen LogP contribution in [0, 0.1) is 6.92 Å². The maximum Gasteiger partial charge on any atom is 0.330 e. The van der Waals surface area contributed by atoms with E-state index in [0.29, 0.717) is 4.90 Å². The van der Waals surface area contributed by atoms with Crippen molar-refractivity contribution in [3.8, 4) is 0 Å². The molecule has 0 heterocycles. The number of benzene rings is 2. The molecule has 2 aliphatic carbocycles. The van der Waals surface area contributed by atoms with Crippen LogP contribution in [0.5, 0.6) is 0 Å². The van der Waals surface area contributed by atoms with Gasteiger partial charge in [-0.1, -0.05) is 23.8 Å². The van der Waals surface area contributed by atoms with E-state index in [1.54, 1.807) is 0 Å². The van der Waals surface area contributed by atoms with Gasteiger partial charge in [-0.3, -0.25) is 4.72 Å². The molecule has 2 aromatic carbocycles. The van der Waals surface area contributed by atoms with Crippen LogP contribution in [0.3, 0.4) is 0 Å². The second kappa shape index (κ2) is 7.92. The van der Waals surface area contributed by atoms with Crippen molar-refractivity contribution in [2.75, 3.05) is 5.32 Å². The van der Waals surface area contributed by atoms with E-state index < -0.39 is 16.3 Å². The van der Waals surface area contributed by atoms with E-state index in [2.05, 4.69) is 20.8 Å². The Bertz CT molecular complexity index is 950. The molecular formula is C23H31N3O2S. The van der Waals surface area contributed by atoms with Crippen LogP contribution in [-0.2, 0) is 36.0 Å². The molecule has 0 spiro atoms. The molecule has 0 aliphatic heterocycles. The van der Waals surface area contributed by atoms with Crippen molar-refractivity contribution in [2.45, 2.75) is 70.2 Å². The molecule has 2 aromatic rings. The molecular weight excluding hydrogens is 382 g/mol. The van der Waals surface area contributed by atoms with Gasteiger partial charge in [0.15, 0.2) is 0 Å². The van der Waals surface area contributed by atoms with Crippen molar-refractivity contribution in [3.05, 3.63) is 58.1 Å². The zero-order chi connectivity index (χ0) is 20.6. The Morgan fingerprint density at radius 2 is 1.55 bits per heavy atom. The van der Waals surface area contributed by atoms with Crippen LogP contribution in [0.15, 0.2) is 35.2 Å². The first kappa shape index (κ1) is 20.1. The number of urea groups is 1. The zero-order valence-corrected chi connectivity index (χ0v) is 18.4. The van der Waals surface area contributed by atoms with Crippen molar-refractivity contribution < 1.29 is 9.00 Å². The Balaban J connectivity index is 1.62. The molecule has 29 heavy (non-hydrogen) atoms. The zero-order valence-electron chi connectivity index (χ0n) is 17.5. The van der Waals surface area contributed by atoms with Crippen LogP contribution in [0.4, 0.5) is 10.5 Å². The minimum absolute atomic E-state index is 0.0346. The lowest BCUT2D eigenvalue weighted by molar-refractivity contribution is 0.256. The summed E-state index contributed by atoms with van der Waals surface area (Å²) in [6, 6.07) is 9.38. The van der Waals surface area contributed by atoms with E-state index >= 15 is 0 Å². The summed E-state index contributed by atoms with van der Waals surface area (Å²) >= 11 is 0. The molecule has 0 saturated heterocycles. The van der Waals surface area contributed by atoms with Crippen molar-refractivity contribution in [2.24, 2.45) is 0 Å². The fourth-order valence-electron chi connectivity index (χ4n) is 4.54. The minimum atomic E-state index is -3.29. The van der Waals surface area contributed by atoms with Crippen molar-refractivity contribution in [3.63, 3.8) is 0 Å². The van der Waals surface area contributed by atoms with Crippen molar-refractivity contribution in [1.29, 1.82) is 0 Å². The summed E-state index contributed by atoms with van der Waals surface area (Å²) < 4.78 is 19.6. The van der Waals surface area contributed by atoms with Gasteiger partial charge in [-0.15, -0.1) is 0 Å². The third kappa shape index (κ3) is 4.09. The highest BCUT2D eigenvalue weighted by Gasteiger charge is 2.27. The Kier molecular flexibility index (Phi) is 5.49. The van der Waals surface area contributed by atoms with Gasteiger partial charge < -0.3 is 5.32 Å². The molecule has 0 bridgehead atoms. The number of hydrogen-bond donors (Lipinski definition) is 4. The normalized spacial score (nSPS) is 15.9. The number of fused-ring (bicyclic) bond motifs is 2.